The summed E-state index contributed by atoms with van der Waals surface area (Å²) in [6, 6.07) is 9.83. The predicted octanol–water partition coefficient (Wildman–Crippen LogP) is 3.55. The minimum Gasteiger partial charge on any atom is -0.341 e. The lowest BCUT2D eigenvalue weighted by atomic mass is 10.0. The summed E-state index contributed by atoms with van der Waals surface area (Å²) < 4.78 is 13.7. The normalized spacial score (nSPS) is 15.6. The lowest BCUT2D eigenvalue weighted by molar-refractivity contribution is 0.0733. The van der Waals surface area contributed by atoms with Crippen molar-refractivity contribution in [2.75, 3.05) is 29.9 Å². The van der Waals surface area contributed by atoms with E-state index in [1.54, 1.807) is 41.6 Å². The Morgan fingerprint density at radius 1 is 1.06 bits per heavy atom. The third-order valence-electron chi connectivity index (χ3n) is 5.72. The first-order valence-electron chi connectivity index (χ1n) is 10.5. The summed E-state index contributed by atoms with van der Waals surface area (Å²) in [6.45, 7) is 2.84. The fourth-order valence-corrected chi connectivity index (χ4v) is 4.11. The van der Waals surface area contributed by atoms with Gasteiger partial charge < -0.3 is 15.1 Å². The number of nitrogens with one attached hydrogen (secondary N) is 1. The molecule has 1 aromatic carbocycles. The quantitative estimate of drug-likeness (QED) is 0.699. The second-order valence-corrected chi connectivity index (χ2v) is 7.85. The molecule has 158 valence electrons. The topological polar surface area (TPSA) is 74.2 Å². The van der Waals surface area contributed by atoms with E-state index in [1.807, 2.05) is 0 Å². The predicted molar refractivity (Wildman–Crippen MR) is 116 cm³/mol. The number of fused-ring (bicyclic) bond motifs is 1. The van der Waals surface area contributed by atoms with Gasteiger partial charge in [0.2, 0.25) is 5.95 Å². The highest BCUT2D eigenvalue weighted by molar-refractivity contribution is 5.94. The minimum atomic E-state index is -0.318. The Labute approximate surface area is 180 Å². The molecule has 0 spiro atoms. The molecule has 31 heavy (non-hydrogen) atoms. The van der Waals surface area contributed by atoms with Gasteiger partial charge in [-0.05, 0) is 43.2 Å². The SMILES string of the molecule is O=C(c1cccnc1)N1CCc2nc(N3CCCC3)nc(Nc3cccc(F)c3)c2C1. The van der Waals surface area contributed by atoms with E-state index in [1.165, 1.54) is 12.1 Å². The van der Waals surface area contributed by atoms with Crippen LogP contribution in [0, 0.1) is 5.82 Å². The molecule has 1 N–H and O–H groups in total. The van der Waals surface area contributed by atoms with Crippen LogP contribution in [0.15, 0.2) is 48.8 Å². The molecule has 8 heteroatoms. The van der Waals surface area contributed by atoms with Crippen molar-refractivity contribution >= 4 is 23.4 Å². The smallest absolute Gasteiger partial charge is 0.255 e. The third-order valence-corrected chi connectivity index (χ3v) is 5.72. The number of nitrogens with zero attached hydrogens (tertiary/aromatic N) is 5. The van der Waals surface area contributed by atoms with Gasteiger partial charge in [0.05, 0.1) is 17.8 Å². The molecule has 4 heterocycles. The number of amides is 1. The molecule has 2 aromatic heterocycles. The molecule has 2 aliphatic heterocycles. The maximum Gasteiger partial charge on any atom is 0.255 e. The van der Waals surface area contributed by atoms with E-state index >= 15 is 0 Å². The van der Waals surface area contributed by atoms with Crippen LogP contribution in [0.4, 0.5) is 21.8 Å². The molecule has 0 unspecified atom stereocenters. The van der Waals surface area contributed by atoms with Gasteiger partial charge in [0.15, 0.2) is 0 Å². The van der Waals surface area contributed by atoms with E-state index in [2.05, 4.69) is 15.2 Å². The van der Waals surface area contributed by atoms with Crippen LogP contribution in [0.25, 0.3) is 0 Å². The molecule has 0 bridgehead atoms. The number of hydrogen-bond acceptors (Lipinski definition) is 6. The van der Waals surface area contributed by atoms with Gasteiger partial charge in [-0.2, -0.15) is 4.98 Å². The molecule has 1 amide bonds. The van der Waals surface area contributed by atoms with Crippen molar-refractivity contribution in [2.24, 2.45) is 0 Å². The van der Waals surface area contributed by atoms with E-state index in [-0.39, 0.29) is 11.7 Å². The highest BCUT2D eigenvalue weighted by Crippen LogP contribution is 2.30. The molecule has 2 aliphatic rings. The molecule has 0 atom stereocenters. The molecule has 0 aliphatic carbocycles. The molecule has 3 aromatic rings. The summed E-state index contributed by atoms with van der Waals surface area (Å²) >= 11 is 0. The molecule has 1 fully saturated rings. The summed E-state index contributed by atoms with van der Waals surface area (Å²) in [4.78, 5) is 30.6. The van der Waals surface area contributed by atoms with Crippen LogP contribution in [-0.4, -0.2) is 45.4 Å². The van der Waals surface area contributed by atoms with Gasteiger partial charge in [-0.1, -0.05) is 6.07 Å². The monoisotopic (exact) mass is 418 g/mol. The molecule has 1 saturated heterocycles. The number of aromatic nitrogens is 3. The Hall–Kier alpha value is -3.55. The summed E-state index contributed by atoms with van der Waals surface area (Å²) in [7, 11) is 0. The van der Waals surface area contributed by atoms with Gasteiger partial charge in [-0.3, -0.25) is 9.78 Å². The van der Waals surface area contributed by atoms with Gasteiger partial charge in [0, 0.05) is 49.7 Å². The van der Waals surface area contributed by atoms with Crippen LogP contribution in [0.3, 0.4) is 0 Å². The van der Waals surface area contributed by atoms with Crippen LogP contribution in [0.2, 0.25) is 0 Å². The fourth-order valence-electron chi connectivity index (χ4n) is 4.11. The van der Waals surface area contributed by atoms with Crippen molar-refractivity contribution in [2.45, 2.75) is 25.8 Å². The van der Waals surface area contributed by atoms with E-state index in [0.29, 0.717) is 42.5 Å². The van der Waals surface area contributed by atoms with E-state index in [0.717, 1.165) is 37.2 Å². The number of hydrogen-bond donors (Lipinski definition) is 1. The second kappa shape index (κ2) is 8.29. The Morgan fingerprint density at radius 3 is 2.71 bits per heavy atom. The number of benzene rings is 1. The van der Waals surface area contributed by atoms with Crippen molar-refractivity contribution in [1.82, 2.24) is 19.9 Å². The fraction of sp³-hybridized carbons (Fsp3) is 0.304. The number of pyridine rings is 1. The van der Waals surface area contributed by atoms with E-state index < -0.39 is 0 Å². The largest absolute Gasteiger partial charge is 0.341 e. The Kier molecular flexibility index (Phi) is 5.19. The highest BCUT2D eigenvalue weighted by Gasteiger charge is 2.28. The molecular weight excluding hydrogens is 395 g/mol. The maximum absolute atomic E-state index is 13.7. The van der Waals surface area contributed by atoms with Crippen LogP contribution in [0.5, 0.6) is 0 Å². The van der Waals surface area contributed by atoms with Gasteiger partial charge >= 0.3 is 0 Å². The number of carbonyl (C=O) groups is 1. The summed E-state index contributed by atoms with van der Waals surface area (Å²) in [5.74, 6) is 0.934. The number of carbonyl (C=O) groups excluding carboxylic acids is 1. The first-order valence-corrected chi connectivity index (χ1v) is 10.5. The van der Waals surface area contributed by atoms with Crippen molar-refractivity contribution in [3.8, 4) is 0 Å². The van der Waals surface area contributed by atoms with E-state index in [4.69, 9.17) is 9.97 Å². The molecular formula is C23H23FN6O. The Bertz CT molecular complexity index is 1100. The zero-order chi connectivity index (χ0) is 21.2. The highest BCUT2D eigenvalue weighted by atomic mass is 19.1. The number of rotatable bonds is 4. The van der Waals surface area contributed by atoms with Crippen LogP contribution >= 0.6 is 0 Å². The lowest BCUT2D eigenvalue weighted by Crippen LogP contribution is -2.37. The van der Waals surface area contributed by atoms with Gasteiger partial charge in [-0.15, -0.1) is 0 Å². The standard InChI is InChI=1S/C23H23FN6O/c24-17-6-3-7-18(13-17)26-21-19-15-30(22(31)16-5-4-9-25-14-16)12-8-20(19)27-23(28-21)29-10-1-2-11-29/h3-7,9,13-14H,1-2,8,10-12,15H2,(H,26,27,28). The van der Waals surface area contributed by atoms with Crippen LogP contribution in [-0.2, 0) is 13.0 Å². The zero-order valence-electron chi connectivity index (χ0n) is 17.1. The van der Waals surface area contributed by atoms with E-state index in [9.17, 15) is 9.18 Å². The number of anilines is 3. The van der Waals surface area contributed by atoms with Crippen molar-refractivity contribution in [3.63, 3.8) is 0 Å². The first kappa shape index (κ1) is 19.4. The molecule has 0 radical (unpaired) electrons. The van der Waals surface area contributed by atoms with Crippen molar-refractivity contribution in [3.05, 3.63) is 71.4 Å². The van der Waals surface area contributed by atoms with Crippen LogP contribution in [0.1, 0.15) is 34.5 Å². The van der Waals surface area contributed by atoms with Gasteiger partial charge in [-0.25, -0.2) is 9.37 Å². The zero-order valence-corrected chi connectivity index (χ0v) is 17.1. The summed E-state index contributed by atoms with van der Waals surface area (Å²) in [6.07, 6.45) is 6.12. The molecule has 5 rings (SSSR count). The minimum absolute atomic E-state index is 0.0703. The number of halogens is 1. The Morgan fingerprint density at radius 2 is 1.94 bits per heavy atom. The lowest BCUT2D eigenvalue weighted by Gasteiger charge is -2.30. The van der Waals surface area contributed by atoms with Gasteiger partial charge in [0.25, 0.3) is 5.91 Å². The van der Waals surface area contributed by atoms with Crippen molar-refractivity contribution in [1.29, 1.82) is 0 Å². The first-order chi connectivity index (χ1) is 15.2. The average molecular weight is 418 g/mol. The molecule has 7 nitrogen and oxygen atoms in total. The molecule has 0 saturated carbocycles. The Balaban J connectivity index is 1.49. The van der Waals surface area contributed by atoms with Crippen molar-refractivity contribution < 1.29 is 9.18 Å². The second-order valence-electron chi connectivity index (χ2n) is 7.85. The summed E-state index contributed by atoms with van der Waals surface area (Å²) in [5, 5.41) is 3.27. The average Bonchev–Trinajstić information content (AvgIpc) is 3.34. The van der Waals surface area contributed by atoms with Gasteiger partial charge in [0.1, 0.15) is 11.6 Å². The van der Waals surface area contributed by atoms with Crippen LogP contribution < -0.4 is 10.2 Å². The third kappa shape index (κ3) is 4.05. The maximum atomic E-state index is 13.7. The summed E-state index contributed by atoms with van der Waals surface area (Å²) in [5.41, 5.74) is 2.98.